The third-order valence-corrected chi connectivity index (χ3v) is 4.48. The van der Waals surface area contributed by atoms with E-state index in [1.165, 1.54) is 31.4 Å². The lowest BCUT2D eigenvalue weighted by Crippen LogP contribution is -2.23. The molecule has 0 atom stereocenters. The Labute approximate surface area is 128 Å². The van der Waals surface area contributed by atoms with E-state index in [0.717, 1.165) is 18.7 Å². The Morgan fingerprint density at radius 3 is 2.43 bits per heavy atom. The molecule has 0 fully saturated rings. The van der Waals surface area contributed by atoms with Crippen LogP contribution in [-0.4, -0.2) is 15.0 Å². The molecule has 0 aliphatic rings. The number of hydrogen-bond donors (Lipinski definition) is 3. The van der Waals surface area contributed by atoms with Gasteiger partial charge in [0.05, 0.1) is 16.3 Å². The number of unbranched alkanes of at least 4 members (excludes halogenated alkanes) is 2. The zero-order valence-corrected chi connectivity index (χ0v) is 14.0. The number of nitrogen functional groups attached to an aromatic ring is 1. The first kappa shape index (κ1) is 17.8. The summed E-state index contributed by atoms with van der Waals surface area (Å²) in [4.78, 5) is 0.0350. The van der Waals surface area contributed by atoms with Crippen LogP contribution >= 0.6 is 0 Å². The normalized spacial score (nSPS) is 12.4. The van der Waals surface area contributed by atoms with E-state index in [4.69, 9.17) is 10.9 Å². The molecule has 0 aromatic heterocycles. The molecule has 120 valence electrons. The molecule has 0 amide bonds. The van der Waals surface area contributed by atoms with Gasteiger partial charge in [0.2, 0.25) is 10.0 Å². The van der Waals surface area contributed by atoms with Gasteiger partial charge in [0.25, 0.3) is 0 Å². The second-order valence-corrected chi connectivity index (χ2v) is 7.83. The monoisotopic (exact) mass is 313 g/mol. The fourth-order valence-corrected chi connectivity index (χ4v) is 2.70. The van der Waals surface area contributed by atoms with E-state index >= 15 is 0 Å². The van der Waals surface area contributed by atoms with Crippen molar-refractivity contribution in [2.24, 2.45) is 10.6 Å². The summed E-state index contributed by atoms with van der Waals surface area (Å²) in [5, 5.41) is 8.38. The van der Waals surface area contributed by atoms with Crippen LogP contribution < -0.4 is 16.2 Å². The van der Waals surface area contributed by atoms with Gasteiger partial charge in [0, 0.05) is 6.54 Å². The molecule has 0 radical (unpaired) electrons. The average molecular weight is 313 g/mol. The Kier molecular flexibility index (Phi) is 6.04. The summed E-state index contributed by atoms with van der Waals surface area (Å²) in [7, 11) is -3.71. The van der Waals surface area contributed by atoms with Crippen molar-refractivity contribution < 1.29 is 8.42 Å². The van der Waals surface area contributed by atoms with Crippen LogP contribution in [0.15, 0.2) is 23.1 Å². The topological polar surface area (TPSA) is 98.2 Å². The molecule has 0 unspecified atom stereocenters. The number of sulfonamides is 1. The zero-order chi connectivity index (χ0) is 16.1. The fraction of sp³-hybridized carbons (Fsp3) is 0.600. The summed E-state index contributed by atoms with van der Waals surface area (Å²) in [6.45, 7) is 7.41. The van der Waals surface area contributed by atoms with Crippen molar-refractivity contribution in [1.29, 1.82) is 0 Å². The van der Waals surface area contributed by atoms with E-state index in [2.05, 4.69) is 26.1 Å². The molecule has 0 aliphatic carbocycles. The third-order valence-electron chi connectivity index (χ3n) is 3.57. The minimum atomic E-state index is -3.71. The Hall–Kier alpha value is -1.27. The fourth-order valence-electron chi connectivity index (χ4n) is 2.16. The van der Waals surface area contributed by atoms with Crippen LogP contribution in [0.2, 0.25) is 0 Å². The maximum absolute atomic E-state index is 11.3. The molecule has 1 aromatic carbocycles. The van der Waals surface area contributed by atoms with Crippen molar-refractivity contribution in [3.63, 3.8) is 0 Å². The highest BCUT2D eigenvalue weighted by Gasteiger charge is 2.18. The molecule has 0 spiro atoms. The molecule has 5 N–H and O–H groups in total. The number of nitrogens with one attached hydrogen (secondary N) is 1. The lowest BCUT2D eigenvalue weighted by atomic mass is 9.87. The van der Waals surface area contributed by atoms with Gasteiger partial charge in [-0.05, 0) is 30.0 Å². The van der Waals surface area contributed by atoms with Gasteiger partial charge in [0.1, 0.15) is 0 Å². The molecular weight excluding hydrogens is 286 g/mol. The highest BCUT2D eigenvalue weighted by Crippen LogP contribution is 2.27. The lowest BCUT2D eigenvalue weighted by molar-refractivity contribution is 0.342. The van der Waals surface area contributed by atoms with E-state index in [1.807, 2.05) is 0 Å². The highest BCUT2D eigenvalue weighted by atomic mass is 32.2. The summed E-state index contributed by atoms with van der Waals surface area (Å²) in [5.74, 6) is 0. The van der Waals surface area contributed by atoms with Crippen molar-refractivity contribution in [2.45, 2.75) is 51.3 Å². The largest absolute Gasteiger partial charge is 0.397 e. The molecular formula is C15H27N3O2S. The molecule has 0 aliphatic heterocycles. The molecule has 0 heterocycles. The van der Waals surface area contributed by atoms with Crippen LogP contribution in [0, 0.1) is 5.41 Å². The first-order chi connectivity index (χ1) is 9.65. The first-order valence-electron chi connectivity index (χ1n) is 7.32. The smallest absolute Gasteiger partial charge is 0.238 e. The second-order valence-electron chi connectivity index (χ2n) is 6.27. The van der Waals surface area contributed by atoms with Crippen molar-refractivity contribution >= 4 is 21.4 Å². The predicted octanol–water partition coefficient (Wildman–Crippen LogP) is 2.93. The van der Waals surface area contributed by atoms with Crippen LogP contribution in [0.5, 0.6) is 0 Å². The summed E-state index contributed by atoms with van der Waals surface area (Å²) < 4.78 is 22.5. The quantitative estimate of drug-likeness (QED) is 0.507. The van der Waals surface area contributed by atoms with Crippen LogP contribution in [-0.2, 0) is 10.0 Å². The number of nitrogens with two attached hydrogens (primary N) is 2. The first-order valence-corrected chi connectivity index (χ1v) is 8.86. The number of rotatable bonds is 8. The number of benzene rings is 1. The molecule has 6 heteroatoms. The van der Waals surface area contributed by atoms with Crippen LogP contribution in [0.1, 0.15) is 46.5 Å². The van der Waals surface area contributed by atoms with Crippen molar-refractivity contribution in [2.75, 3.05) is 17.6 Å². The molecule has 0 bridgehead atoms. The second kappa shape index (κ2) is 7.13. The van der Waals surface area contributed by atoms with Gasteiger partial charge in [-0.25, -0.2) is 13.6 Å². The van der Waals surface area contributed by atoms with Crippen molar-refractivity contribution in [3.8, 4) is 0 Å². The average Bonchev–Trinajstić information content (AvgIpc) is 2.36. The van der Waals surface area contributed by atoms with Gasteiger partial charge in [-0.3, -0.25) is 0 Å². The highest BCUT2D eigenvalue weighted by molar-refractivity contribution is 7.89. The minimum absolute atomic E-state index is 0.0350. The maximum Gasteiger partial charge on any atom is 0.238 e. The Morgan fingerprint density at radius 2 is 1.90 bits per heavy atom. The summed E-state index contributed by atoms with van der Waals surface area (Å²) >= 11 is 0. The van der Waals surface area contributed by atoms with Gasteiger partial charge in [-0.1, -0.05) is 40.0 Å². The SMILES string of the molecule is CCCCCC(C)(C)CNc1ccc(S(N)(=O)=O)cc1N. The number of anilines is 2. The Morgan fingerprint density at radius 1 is 1.24 bits per heavy atom. The minimum Gasteiger partial charge on any atom is -0.397 e. The molecule has 0 saturated carbocycles. The van der Waals surface area contributed by atoms with Crippen LogP contribution in [0.3, 0.4) is 0 Å². The maximum atomic E-state index is 11.3. The molecule has 1 aromatic rings. The van der Waals surface area contributed by atoms with Gasteiger partial charge in [0.15, 0.2) is 0 Å². The molecule has 21 heavy (non-hydrogen) atoms. The summed E-state index contributed by atoms with van der Waals surface area (Å²) in [6.07, 6.45) is 4.81. The van der Waals surface area contributed by atoms with Crippen molar-refractivity contribution in [3.05, 3.63) is 18.2 Å². The van der Waals surface area contributed by atoms with Gasteiger partial charge >= 0.3 is 0 Å². The third kappa shape index (κ3) is 5.93. The Balaban J connectivity index is 2.68. The van der Waals surface area contributed by atoms with E-state index < -0.39 is 10.0 Å². The molecule has 1 rings (SSSR count). The van der Waals surface area contributed by atoms with Gasteiger partial charge < -0.3 is 11.1 Å². The van der Waals surface area contributed by atoms with E-state index in [9.17, 15) is 8.42 Å². The van der Waals surface area contributed by atoms with E-state index in [0.29, 0.717) is 5.69 Å². The molecule has 0 saturated heterocycles. The predicted molar refractivity (Wildman–Crippen MR) is 88.6 cm³/mol. The zero-order valence-electron chi connectivity index (χ0n) is 13.1. The summed E-state index contributed by atoms with van der Waals surface area (Å²) in [6, 6.07) is 4.52. The lowest BCUT2D eigenvalue weighted by Gasteiger charge is -2.26. The number of primary sulfonamides is 1. The van der Waals surface area contributed by atoms with Gasteiger partial charge in [-0.15, -0.1) is 0 Å². The van der Waals surface area contributed by atoms with E-state index in [-0.39, 0.29) is 10.3 Å². The number of hydrogen-bond acceptors (Lipinski definition) is 4. The summed E-state index contributed by atoms with van der Waals surface area (Å²) in [5.41, 5.74) is 7.19. The van der Waals surface area contributed by atoms with Gasteiger partial charge in [-0.2, -0.15) is 0 Å². The van der Waals surface area contributed by atoms with Crippen LogP contribution in [0.25, 0.3) is 0 Å². The Bertz CT molecular complexity index is 568. The van der Waals surface area contributed by atoms with E-state index in [1.54, 1.807) is 6.07 Å². The standard InChI is InChI=1S/C15H27N3O2S/c1-4-5-6-9-15(2,3)11-18-14-8-7-12(10-13(14)16)21(17,19)20/h7-8,10,18H,4-6,9,11,16H2,1-3H3,(H2,17,19,20). The van der Waals surface area contributed by atoms with Crippen LogP contribution in [0.4, 0.5) is 11.4 Å². The molecule has 5 nitrogen and oxygen atoms in total. The van der Waals surface area contributed by atoms with Crippen molar-refractivity contribution in [1.82, 2.24) is 0 Å².